The van der Waals surface area contributed by atoms with E-state index in [2.05, 4.69) is 10.2 Å². The second kappa shape index (κ2) is 6.74. The molecule has 6 nitrogen and oxygen atoms in total. The molecule has 0 spiro atoms. The minimum Gasteiger partial charge on any atom is -0.492 e. The van der Waals surface area contributed by atoms with Gasteiger partial charge in [-0.15, -0.1) is 0 Å². The number of aliphatic hydroxyl groups is 1. The molecule has 7 heteroatoms. The molecule has 3 heterocycles. The number of hydrogen-bond donors (Lipinski definition) is 2. The molecule has 5 rings (SSSR count). The summed E-state index contributed by atoms with van der Waals surface area (Å²) in [6, 6.07) is 1.97. The zero-order chi connectivity index (χ0) is 19.4. The van der Waals surface area contributed by atoms with Gasteiger partial charge in [0, 0.05) is 36.9 Å². The highest BCUT2D eigenvalue weighted by Gasteiger charge is 2.37. The second-order valence-corrected chi connectivity index (χ2v) is 8.28. The van der Waals surface area contributed by atoms with Crippen LogP contribution in [0.1, 0.15) is 37.3 Å². The Balaban J connectivity index is 1.71. The van der Waals surface area contributed by atoms with Gasteiger partial charge in [0.1, 0.15) is 5.69 Å². The van der Waals surface area contributed by atoms with Crippen molar-refractivity contribution < 1.29 is 14.2 Å². The third-order valence-corrected chi connectivity index (χ3v) is 6.50. The van der Waals surface area contributed by atoms with Gasteiger partial charge in [0.2, 0.25) is 0 Å². The number of ether oxygens (including phenoxy) is 1. The van der Waals surface area contributed by atoms with Crippen molar-refractivity contribution in [2.45, 2.75) is 44.4 Å². The van der Waals surface area contributed by atoms with E-state index < -0.39 is 5.82 Å². The third kappa shape index (κ3) is 2.71. The Morgan fingerprint density at radius 3 is 2.82 bits per heavy atom. The quantitative estimate of drug-likeness (QED) is 0.842. The first kappa shape index (κ1) is 17.9. The number of hydrogen-bond acceptors (Lipinski definition) is 5. The highest BCUT2D eigenvalue weighted by atomic mass is 19.1. The maximum atomic E-state index is 15.3. The molecule has 0 amide bonds. The number of piperidine rings is 1. The van der Waals surface area contributed by atoms with Gasteiger partial charge in [-0.1, -0.05) is 0 Å². The highest BCUT2D eigenvalue weighted by molar-refractivity contribution is 5.92. The average molecular weight is 387 g/mol. The fraction of sp³-hybridized carbons (Fsp3) is 0.571. The van der Waals surface area contributed by atoms with E-state index in [-0.39, 0.29) is 23.5 Å². The molecular formula is C21H26FN3O3. The van der Waals surface area contributed by atoms with Gasteiger partial charge in [-0.25, -0.2) is 4.39 Å². The third-order valence-electron chi connectivity index (χ3n) is 6.50. The number of fused-ring (bicyclic) bond motifs is 2. The summed E-state index contributed by atoms with van der Waals surface area (Å²) in [5.74, 6) is 0.510. The molecule has 1 aromatic carbocycles. The molecule has 150 valence electrons. The molecule has 0 bridgehead atoms. The van der Waals surface area contributed by atoms with Gasteiger partial charge in [-0.3, -0.25) is 4.79 Å². The normalized spacial score (nSPS) is 24.6. The highest BCUT2D eigenvalue weighted by Crippen LogP contribution is 2.45. The minimum atomic E-state index is -0.433. The Bertz CT molecular complexity index is 971. The second-order valence-electron chi connectivity index (χ2n) is 8.28. The van der Waals surface area contributed by atoms with Gasteiger partial charge < -0.3 is 24.6 Å². The van der Waals surface area contributed by atoms with Crippen molar-refractivity contribution in [1.29, 1.82) is 0 Å². The lowest BCUT2D eigenvalue weighted by Crippen LogP contribution is -2.40. The van der Waals surface area contributed by atoms with Crippen LogP contribution in [0.3, 0.4) is 0 Å². The Hall–Kier alpha value is -2.12. The van der Waals surface area contributed by atoms with Gasteiger partial charge in [0.25, 0.3) is 0 Å². The van der Waals surface area contributed by atoms with E-state index in [9.17, 15) is 9.90 Å². The molecule has 3 aliphatic rings. The fourth-order valence-corrected chi connectivity index (χ4v) is 4.97. The summed E-state index contributed by atoms with van der Waals surface area (Å²) in [4.78, 5) is 14.9. The summed E-state index contributed by atoms with van der Waals surface area (Å²) in [6.07, 6.45) is 6.04. The number of pyridine rings is 1. The number of anilines is 1. The predicted octanol–water partition coefficient (Wildman–Crippen LogP) is 2.16. The van der Waals surface area contributed by atoms with Crippen molar-refractivity contribution in [1.82, 2.24) is 9.88 Å². The van der Waals surface area contributed by atoms with Crippen LogP contribution in [-0.4, -0.2) is 42.5 Å². The average Bonchev–Trinajstić information content (AvgIpc) is 3.46. The largest absolute Gasteiger partial charge is 0.492 e. The minimum absolute atomic E-state index is 0.267. The monoisotopic (exact) mass is 387 g/mol. The van der Waals surface area contributed by atoms with Crippen molar-refractivity contribution in [2.75, 3.05) is 31.6 Å². The van der Waals surface area contributed by atoms with Gasteiger partial charge in [0.15, 0.2) is 17.0 Å². The molecule has 3 fully saturated rings. The standard InChI is InChI=1S/C21H26FN3O3/c1-28-21-18-15(20(27)13(11-26)9-25(18)14-4-5-14)7-16(22)19(21)24-8-12-3-2-6-23-17(12)10-24/h7,9,12,14,17,23,26H,2-6,8,10-11H2,1H3/t12-,17+/m0/s1. The molecule has 2 atom stereocenters. The molecule has 0 radical (unpaired) electrons. The predicted molar refractivity (Wildman–Crippen MR) is 106 cm³/mol. The summed E-state index contributed by atoms with van der Waals surface area (Å²) in [5.41, 5.74) is 1.07. The van der Waals surface area contributed by atoms with Crippen LogP contribution >= 0.6 is 0 Å². The van der Waals surface area contributed by atoms with E-state index in [0.29, 0.717) is 34.5 Å². The molecule has 2 saturated heterocycles. The molecule has 1 saturated carbocycles. The Kier molecular flexibility index (Phi) is 4.32. The molecule has 1 aromatic heterocycles. The number of aromatic nitrogens is 1. The summed E-state index contributed by atoms with van der Waals surface area (Å²) in [5, 5.41) is 13.4. The van der Waals surface area contributed by atoms with Gasteiger partial charge >= 0.3 is 0 Å². The molecule has 1 aliphatic carbocycles. The van der Waals surface area contributed by atoms with E-state index in [0.717, 1.165) is 45.3 Å². The van der Waals surface area contributed by atoms with Crippen molar-refractivity contribution in [3.8, 4) is 5.75 Å². The lowest BCUT2D eigenvalue weighted by molar-refractivity contribution is 0.280. The topological polar surface area (TPSA) is 66.7 Å². The van der Waals surface area contributed by atoms with Crippen LogP contribution < -0.4 is 20.4 Å². The molecule has 28 heavy (non-hydrogen) atoms. The number of nitrogens with zero attached hydrogens (tertiary/aromatic N) is 2. The SMILES string of the molecule is COc1c(N2C[C@@H]3CCCN[C@@H]3C2)c(F)cc2c(=O)c(CO)cn(C3CC3)c12. The van der Waals surface area contributed by atoms with Crippen LogP contribution in [0.15, 0.2) is 17.1 Å². The van der Waals surface area contributed by atoms with Gasteiger partial charge in [-0.2, -0.15) is 0 Å². The van der Waals surface area contributed by atoms with Crippen LogP contribution in [0, 0.1) is 11.7 Å². The fourth-order valence-electron chi connectivity index (χ4n) is 4.97. The van der Waals surface area contributed by atoms with E-state index in [1.807, 2.05) is 4.57 Å². The van der Waals surface area contributed by atoms with Crippen molar-refractivity contribution in [2.24, 2.45) is 5.92 Å². The summed E-state index contributed by atoms with van der Waals surface area (Å²) >= 11 is 0. The van der Waals surface area contributed by atoms with Crippen LogP contribution in [0.5, 0.6) is 5.75 Å². The summed E-state index contributed by atoms with van der Waals surface area (Å²) in [7, 11) is 1.54. The number of aliphatic hydroxyl groups excluding tert-OH is 1. The van der Waals surface area contributed by atoms with E-state index >= 15 is 4.39 Å². The van der Waals surface area contributed by atoms with E-state index in [4.69, 9.17) is 4.74 Å². The van der Waals surface area contributed by atoms with Crippen molar-refractivity contribution in [3.63, 3.8) is 0 Å². The number of nitrogens with one attached hydrogen (secondary N) is 1. The van der Waals surface area contributed by atoms with Crippen LogP contribution in [0.2, 0.25) is 0 Å². The Morgan fingerprint density at radius 1 is 1.32 bits per heavy atom. The molecule has 2 aromatic rings. The molecule has 2 N–H and O–H groups in total. The van der Waals surface area contributed by atoms with Crippen molar-refractivity contribution in [3.05, 3.63) is 33.9 Å². The van der Waals surface area contributed by atoms with Gasteiger partial charge in [0.05, 0.1) is 24.6 Å². The number of rotatable bonds is 4. The van der Waals surface area contributed by atoms with E-state index in [1.165, 1.54) is 6.07 Å². The Morgan fingerprint density at radius 2 is 2.14 bits per heavy atom. The zero-order valence-corrected chi connectivity index (χ0v) is 16.1. The first-order valence-electron chi connectivity index (χ1n) is 10.2. The molecule has 0 unspecified atom stereocenters. The zero-order valence-electron chi connectivity index (χ0n) is 16.1. The molecular weight excluding hydrogens is 361 g/mol. The lowest BCUT2D eigenvalue weighted by Gasteiger charge is -2.25. The maximum Gasteiger partial charge on any atom is 0.195 e. The Labute approximate surface area is 162 Å². The number of benzene rings is 1. The first-order valence-corrected chi connectivity index (χ1v) is 10.2. The van der Waals surface area contributed by atoms with Crippen LogP contribution in [0.4, 0.5) is 10.1 Å². The lowest BCUT2D eigenvalue weighted by atomic mass is 9.94. The summed E-state index contributed by atoms with van der Waals surface area (Å²) in [6.45, 7) is 2.19. The maximum absolute atomic E-state index is 15.3. The van der Waals surface area contributed by atoms with Gasteiger partial charge in [-0.05, 0) is 44.2 Å². The number of methoxy groups -OCH3 is 1. The van der Waals surface area contributed by atoms with E-state index in [1.54, 1.807) is 13.3 Å². The number of halogens is 1. The summed E-state index contributed by atoms with van der Waals surface area (Å²) < 4.78 is 23.0. The van der Waals surface area contributed by atoms with Crippen LogP contribution in [0.25, 0.3) is 10.9 Å². The molecule has 2 aliphatic heterocycles. The first-order chi connectivity index (χ1) is 13.6. The van der Waals surface area contributed by atoms with Crippen LogP contribution in [-0.2, 0) is 6.61 Å². The smallest absolute Gasteiger partial charge is 0.195 e. The van der Waals surface area contributed by atoms with Crippen molar-refractivity contribution >= 4 is 16.6 Å².